The fourth-order valence-corrected chi connectivity index (χ4v) is 1.91. The van der Waals surface area contributed by atoms with Gasteiger partial charge in [0.2, 0.25) is 0 Å². The van der Waals surface area contributed by atoms with Crippen LogP contribution in [0, 0.1) is 0 Å². The SMILES string of the molecule is C=C(/C=C\C1=C(C)CCNCC1)C(=O)CCC. The van der Waals surface area contributed by atoms with E-state index in [4.69, 9.17) is 0 Å². The average molecular weight is 233 g/mol. The molecular weight excluding hydrogens is 210 g/mol. The van der Waals surface area contributed by atoms with Crippen LogP contribution in [0.2, 0.25) is 0 Å². The Morgan fingerprint density at radius 3 is 2.82 bits per heavy atom. The van der Waals surface area contributed by atoms with Gasteiger partial charge in [-0.1, -0.05) is 31.2 Å². The van der Waals surface area contributed by atoms with Gasteiger partial charge in [-0.25, -0.2) is 0 Å². The predicted octanol–water partition coefficient (Wildman–Crippen LogP) is 3.17. The van der Waals surface area contributed by atoms with Crippen LogP contribution >= 0.6 is 0 Å². The molecule has 1 rings (SSSR count). The van der Waals surface area contributed by atoms with E-state index in [0.717, 1.165) is 32.4 Å². The molecule has 0 aromatic heterocycles. The first kappa shape index (κ1) is 13.9. The van der Waals surface area contributed by atoms with E-state index < -0.39 is 0 Å². The van der Waals surface area contributed by atoms with Gasteiger partial charge in [0.1, 0.15) is 0 Å². The molecule has 0 unspecified atom stereocenters. The molecule has 0 aliphatic carbocycles. The number of ketones is 1. The number of hydrogen-bond acceptors (Lipinski definition) is 2. The topological polar surface area (TPSA) is 29.1 Å². The van der Waals surface area contributed by atoms with Crippen LogP contribution in [0.4, 0.5) is 0 Å². The quantitative estimate of drug-likeness (QED) is 0.584. The molecule has 94 valence electrons. The van der Waals surface area contributed by atoms with Gasteiger partial charge in [-0.05, 0) is 44.8 Å². The molecule has 0 saturated carbocycles. The number of carbonyl (C=O) groups is 1. The van der Waals surface area contributed by atoms with Crippen LogP contribution in [0.1, 0.15) is 39.5 Å². The van der Waals surface area contributed by atoms with Crippen molar-refractivity contribution < 1.29 is 4.79 Å². The van der Waals surface area contributed by atoms with Gasteiger partial charge >= 0.3 is 0 Å². The lowest BCUT2D eigenvalue weighted by molar-refractivity contribution is -0.115. The molecule has 0 bridgehead atoms. The molecule has 17 heavy (non-hydrogen) atoms. The molecule has 0 atom stereocenters. The molecule has 1 heterocycles. The summed E-state index contributed by atoms with van der Waals surface area (Å²) >= 11 is 0. The van der Waals surface area contributed by atoms with E-state index in [1.165, 1.54) is 11.1 Å². The first-order valence-electron chi connectivity index (χ1n) is 6.44. The summed E-state index contributed by atoms with van der Waals surface area (Å²) in [7, 11) is 0. The zero-order valence-electron chi connectivity index (χ0n) is 11.0. The van der Waals surface area contributed by atoms with Crippen molar-refractivity contribution in [2.45, 2.75) is 39.5 Å². The van der Waals surface area contributed by atoms with Gasteiger partial charge in [-0.2, -0.15) is 0 Å². The minimum absolute atomic E-state index is 0.161. The Kier molecular flexibility index (Phi) is 5.92. The minimum atomic E-state index is 0.161. The standard InChI is InChI=1S/C15H23NO/c1-4-5-15(17)13(3)6-7-14-9-11-16-10-8-12(14)2/h6-7,16H,3-5,8-11H2,1-2H3/b7-6-. The molecule has 0 amide bonds. The highest BCUT2D eigenvalue weighted by Crippen LogP contribution is 2.16. The lowest BCUT2D eigenvalue weighted by Gasteiger charge is -2.03. The van der Waals surface area contributed by atoms with E-state index in [1.54, 1.807) is 0 Å². The second-order valence-electron chi connectivity index (χ2n) is 4.59. The van der Waals surface area contributed by atoms with Gasteiger partial charge in [0.25, 0.3) is 0 Å². The maximum absolute atomic E-state index is 11.6. The van der Waals surface area contributed by atoms with Crippen LogP contribution < -0.4 is 5.32 Å². The van der Waals surface area contributed by atoms with Gasteiger partial charge in [-0.15, -0.1) is 0 Å². The van der Waals surface area contributed by atoms with Crippen molar-refractivity contribution in [1.29, 1.82) is 0 Å². The Balaban J connectivity index is 2.63. The number of rotatable bonds is 5. The molecule has 2 nitrogen and oxygen atoms in total. The molecule has 2 heteroatoms. The lowest BCUT2D eigenvalue weighted by Crippen LogP contribution is -2.14. The van der Waals surface area contributed by atoms with Crippen LogP contribution in [0.15, 0.2) is 35.5 Å². The highest BCUT2D eigenvalue weighted by Gasteiger charge is 2.06. The fourth-order valence-electron chi connectivity index (χ4n) is 1.91. The molecule has 0 aromatic rings. The van der Waals surface area contributed by atoms with Crippen molar-refractivity contribution in [1.82, 2.24) is 5.32 Å². The van der Waals surface area contributed by atoms with Crippen molar-refractivity contribution in [2.24, 2.45) is 0 Å². The van der Waals surface area contributed by atoms with Gasteiger partial charge in [0, 0.05) is 12.0 Å². The summed E-state index contributed by atoms with van der Waals surface area (Å²) in [4.78, 5) is 11.6. The molecule has 0 radical (unpaired) electrons. The zero-order chi connectivity index (χ0) is 12.7. The van der Waals surface area contributed by atoms with Crippen LogP contribution in [-0.2, 0) is 4.79 Å². The largest absolute Gasteiger partial charge is 0.316 e. The van der Waals surface area contributed by atoms with E-state index in [0.29, 0.717) is 12.0 Å². The van der Waals surface area contributed by atoms with E-state index in [2.05, 4.69) is 24.9 Å². The fraction of sp³-hybridized carbons (Fsp3) is 0.533. The number of allylic oxidation sites excluding steroid dienone is 3. The summed E-state index contributed by atoms with van der Waals surface area (Å²) in [5, 5.41) is 3.37. The summed E-state index contributed by atoms with van der Waals surface area (Å²) in [5.74, 6) is 0.161. The summed E-state index contributed by atoms with van der Waals surface area (Å²) in [6, 6.07) is 0. The molecule has 1 N–H and O–H groups in total. The monoisotopic (exact) mass is 233 g/mol. The third-order valence-electron chi connectivity index (χ3n) is 3.12. The molecule has 1 aliphatic rings. The van der Waals surface area contributed by atoms with Crippen LogP contribution in [0.5, 0.6) is 0 Å². The first-order valence-corrected chi connectivity index (χ1v) is 6.44. The van der Waals surface area contributed by atoms with E-state index in [-0.39, 0.29) is 5.78 Å². The summed E-state index contributed by atoms with van der Waals surface area (Å²) < 4.78 is 0. The van der Waals surface area contributed by atoms with Crippen molar-refractivity contribution in [3.05, 3.63) is 35.5 Å². The maximum atomic E-state index is 11.6. The molecule has 0 spiro atoms. The molecule has 1 aliphatic heterocycles. The highest BCUT2D eigenvalue weighted by molar-refractivity contribution is 5.97. The Morgan fingerprint density at radius 1 is 1.41 bits per heavy atom. The van der Waals surface area contributed by atoms with Gasteiger partial charge < -0.3 is 5.32 Å². The van der Waals surface area contributed by atoms with Crippen molar-refractivity contribution in [2.75, 3.05) is 13.1 Å². The Bertz CT molecular complexity index is 350. The predicted molar refractivity (Wildman–Crippen MR) is 73.0 cm³/mol. The molecule has 0 fully saturated rings. The lowest BCUT2D eigenvalue weighted by atomic mass is 10.0. The van der Waals surface area contributed by atoms with E-state index >= 15 is 0 Å². The van der Waals surface area contributed by atoms with Gasteiger partial charge in [0.15, 0.2) is 5.78 Å². The Hall–Kier alpha value is -1.15. The number of hydrogen-bond donors (Lipinski definition) is 1. The molecule has 0 aromatic carbocycles. The third-order valence-corrected chi connectivity index (χ3v) is 3.12. The van der Waals surface area contributed by atoms with Crippen LogP contribution in [-0.4, -0.2) is 18.9 Å². The summed E-state index contributed by atoms with van der Waals surface area (Å²) in [6.07, 6.45) is 7.56. The second kappa shape index (κ2) is 7.23. The van der Waals surface area contributed by atoms with E-state index in [1.807, 2.05) is 13.0 Å². The summed E-state index contributed by atoms with van der Waals surface area (Å²) in [5.41, 5.74) is 3.40. The number of nitrogens with one attached hydrogen (secondary N) is 1. The van der Waals surface area contributed by atoms with Crippen LogP contribution in [0.3, 0.4) is 0 Å². The normalized spacial score (nSPS) is 17.3. The van der Waals surface area contributed by atoms with Crippen LogP contribution in [0.25, 0.3) is 0 Å². The Morgan fingerprint density at radius 2 is 2.12 bits per heavy atom. The van der Waals surface area contributed by atoms with Gasteiger partial charge in [-0.3, -0.25) is 4.79 Å². The average Bonchev–Trinajstić information content (AvgIpc) is 2.51. The second-order valence-corrected chi connectivity index (χ2v) is 4.59. The minimum Gasteiger partial charge on any atom is -0.316 e. The van der Waals surface area contributed by atoms with Crippen molar-refractivity contribution >= 4 is 5.78 Å². The molecule has 0 saturated heterocycles. The number of Topliss-reactive ketones (excluding diaryl/α,β-unsaturated/α-hetero) is 1. The van der Waals surface area contributed by atoms with Gasteiger partial charge in [0.05, 0.1) is 0 Å². The highest BCUT2D eigenvalue weighted by atomic mass is 16.1. The van der Waals surface area contributed by atoms with Crippen molar-refractivity contribution in [3.63, 3.8) is 0 Å². The smallest absolute Gasteiger partial charge is 0.162 e. The first-order chi connectivity index (χ1) is 8.15. The van der Waals surface area contributed by atoms with E-state index in [9.17, 15) is 4.79 Å². The summed E-state index contributed by atoms with van der Waals surface area (Å²) in [6.45, 7) is 10.1. The third kappa shape index (κ3) is 4.70. The molecular formula is C15H23NO. The number of carbonyl (C=O) groups excluding carboxylic acids is 1. The Labute approximate surface area is 104 Å². The maximum Gasteiger partial charge on any atom is 0.162 e. The van der Waals surface area contributed by atoms with Crippen molar-refractivity contribution in [3.8, 4) is 0 Å². The zero-order valence-corrected chi connectivity index (χ0v) is 11.0.